The maximum atomic E-state index is 13.0. The molecule has 1 aliphatic heterocycles. The molecule has 0 aromatic heterocycles. The van der Waals surface area contributed by atoms with Crippen LogP contribution in [0.2, 0.25) is 0 Å². The maximum Gasteiger partial charge on any atom is 0.305 e. The van der Waals surface area contributed by atoms with Crippen molar-refractivity contribution in [2.24, 2.45) is 11.8 Å². The van der Waals surface area contributed by atoms with Gasteiger partial charge in [0.2, 0.25) is 6.29 Å². The Balaban J connectivity index is 2.45. The third kappa shape index (κ3) is 6.92. The molecule has 4 atom stereocenters. The van der Waals surface area contributed by atoms with Crippen molar-refractivity contribution in [2.75, 3.05) is 0 Å². The van der Waals surface area contributed by atoms with E-state index in [1.807, 2.05) is 19.1 Å². The number of hydrogen-bond donors (Lipinski definition) is 1. The third-order valence-electron chi connectivity index (χ3n) is 5.32. The van der Waals surface area contributed by atoms with Crippen molar-refractivity contribution in [1.82, 2.24) is 0 Å². The van der Waals surface area contributed by atoms with Gasteiger partial charge in [-0.3, -0.25) is 14.4 Å². The Morgan fingerprint density at radius 1 is 1.29 bits per heavy atom. The highest BCUT2D eigenvalue weighted by Gasteiger charge is 2.43. The summed E-state index contributed by atoms with van der Waals surface area (Å²) in [5.41, 5.74) is -0.856. The molecule has 0 aromatic rings. The molecule has 7 nitrogen and oxygen atoms in total. The lowest BCUT2D eigenvalue weighted by atomic mass is 9.74. The predicted molar refractivity (Wildman–Crippen MR) is 114 cm³/mol. The van der Waals surface area contributed by atoms with Crippen LogP contribution < -0.4 is 0 Å². The van der Waals surface area contributed by atoms with Gasteiger partial charge in [0.1, 0.15) is 5.60 Å². The van der Waals surface area contributed by atoms with E-state index >= 15 is 0 Å². The Bertz CT molecular complexity index is 827. The van der Waals surface area contributed by atoms with Crippen molar-refractivity contribution in [3.8, 4) is 0 Å². The van der Waals surface area contributed by atoms with Crippen molar-refractivity contribution in [1.29, 1.82) is 0 Å². The van der Waals surface area contributed by atoms with Crippen LogP contribution in [0.1, 0.15) is 53.9 Å². The summed E-state index contributed by atoms with van der Waals surface area (Å²) >= 11 is 0. The van der Waals surface area contributed by atoms with Crippen LogP contribution in [0.25, 0.3) is 0 Å². The van der Waals surface area contributed by atoms with E-state index in [-0.39, 0.29) is 11.7 Å². The number of fused-ring (bicyclic) bond motifs is 1. The zero-order valence-corrected chi connectivity index (χ0v) is 18.8. The zero-order valence-electron chi connectivity index (χ0n) is 18.8. The molecular weight excluding hydrogens is 400 g/mol. The predicted octanol–water partition coefficient (Wildman–Crippen LogP) is 3.54. The first kappa shape index (κ1) is 24.6. The van der Waals surface area contributed by atoms with E-state index in [2.05, 4.69) is 6.58 Å². The van der Waals surface area contributed by atoms with E-state index in [1.54, 1.807) is 13.8 Å². The summed E-state index contributed by atoms with van der Waals surface area (Å²) in [6.45, 7) is 11.8. The number of aliphatic hydroxyl groups is 1. The molecule has 170 valence electrons. The number of carbonyl (C=O) groups excluding carboxylic acids is 3. The van der Waals surface area contributed by atoms with E-state index in [1.165, 1.54) is 32.3 Å². The van der Waals surface area contributed by atoms with Gasteiger partial charge in [-0.05, 0) is 58.3 Å². The van der Waals surface area contributed by atoms with Crippen LogP contribution in [0.5, 0.6) is 0 Å². The number of ketones is 1. The Labute approximate surface area is 183 Å². The van der Waals surface area contributed by atoms with Gasteiger partial charge in [0.15, 0.2) is 5.78 Å². The lowest BCUT2D eigenvalue weighted by Gasteiger charge is -2.38. The molecule has 1 aliphatic carbocycles. The van der Waals surface area contributed by atoms with Crippen molar-refractivity contribution in [2.45, 2.75) is 71.4 Å². The monoisotopic (exact) mass is 432 g/mol. The van der Waals surface area contributed by atoms with E-state index in [9.17, 15) is 19.5 Å². The van der Waals surface area contributed by atoms with E-state index in [0.29, 0.717) is 24.8 Å². The van der Waals surface area contributed by atoms with Gasteiger partial charge in [-0.15, -0.1) is 0 Å². The smallest absolute Gasteiger partial charge is 0.305 e. The number of ether oxygens (including phenoxy) is 3. The summed E-state index contributed by atoms with van der Waals surface area (Å²) in [5, 5.41) is 9.93. The molecule has 0 saturated carbocycles. The normalized spacial score (nSPS) is 29.0. The Morgan fingerprint density at radius 3 is 2.55 bits per heavy atom. The Kier molecular flexibility index (Phi) is 7.65. The minimum absolute atomic E-state index is 0.312. The second-order valence-corrected chi connectivity index (χ2v) is 8.88. The van der Waals surface area contributed by atoms with E-state index < -0.39 is 35.3 Å². The van der Waals surface area contributed by atoms with Gasteiger partial charge in [0.25, 0.3) is 0 Å². The van der Waals surface area contributed by atoms with Crippen LogP contribution in [-0.4, -0.2) is 40.3 Å². The van der Waals surface area contributed by atoms with Gasteiger partial charge in [-0.1, -0.05) is 18.2 Å². The number of rotatable bonds is 5. The largest absolute Gasteiger partial charge is 0.461 e. The van der Waals surface area contributed by atoms with Crippen molar-refractivity contribution >= 4 is 17.7 Å². The second-order valence-electron chi connectivity index (χ2n) is 8.88. The summed E-state index contributed by atoms with van der Waals surface area (Å²) in [5.74, 6) is -2.03. The van der Waals surface area contributed by atoms with Gasteiger partial charge in [0, 0.05) is 25.3 Å². The maximum absolute atomic E-state index is 13.0. The van der Waals surface area contributed by atoms with Crippen molar-refractivity contribution in [3.63, 3.8) is 0 Å². The molecule has 7 heteroatoms. The number of hydrogen-bond acceptors (Lipinski definition) is 7. The number of carbonyl (C=O) groups is 3. The minimum Gasteiger partial charge on any atom is -0.461 e. The highest BCUT2D eigenvalue weighted by atomic mass is 16.7. The van der Waals surface area contributed by atoms with Crippen LogP contribution in [0.4, 0.5) is 0 Å². The van der Waals surface area contributed by atoms with Crippen LogP contribution >= 0.6 is 0 Å². The Hall–Kier alpha value is -2.67. The highest BCUT2D eigenvalue weighted by molar-refractivity contribution is 6.04. The van der Waals surface area contributed by atoms with Gasteiger partial charge >= 0.3 is 11.9 Å². The zero-order chi connectivity index (χ0) is 23.4. The fourth-order valence-corrected chi connectivity index (χ4v) is 3.92. The second kappa shape index (κ2) is 9.64. The first-order chi connectivity index (χ1) is 14.3. The summed E-state index contributed by atoms with van der Waals surface area (Å²) in [6.07, 6.45) is 8.21. The molecule has 0 spiro atoms. The van der Waals surface area contributed by atoms with Crippen molar-refractivity contribution in [3.05, 3.63) is 48.3 Å². The molecule has 0 saturated heterocycles. The van der Waals surface area contributed by atoms with Crippen LogP contribution in [0, 0.1) is 11.8 Å². The van der Waals surface area contributed by atoms with Crippen LogP contribution in [-0.2, 0) is 28.6 Å². The van der Waals surface area contributed by atoms with Crippen LogP contribution in [0.15, 0.2) is 48.3 Å². The molecule has 31 heavy (non-hydrogen) atoms. The first-order valence-electron chi connectivity index (χ1n) is 10.3. The highest BCUT2D eigenvalue weighted by Crippen LogP contribution is 2.42. The molecule has 0 unspecified atom stereocenters. The average Bonchev–Trinajstić information content (AvgIpc) is 2.67. The van der Waals surface area contributed by atoms with Crippen LogP contribution in [0.3, 0.4) is 0 Å². The molecule has 0 fully saturated rings. The van der Waals surface area contributed by atoms with Crippen molar-refractivity contribution < 1.29 is 33.7 Å². The van der Waals surface area contributed by atoms with Gasteiger partial charge < -0.3 is 19.3 Å². The average molecular weight is 433 g/mol. The molecule has 1 heterocycles. The van der Waals surface area contributed by atoms with Gasteiger partial charge in [-0.25, -0.2) is 0 Å². The summed E-state index contributed by atoms with van der Waals surface area (Å²) in [6, 6.07) is 0. The molecule has 2 aliphatic rings. The molecule has 0 radical (unpaired) electrons. The topological polar surface area (TPSA) is 99.1 Å². The molecule has 0 aromatic carbocycles. The lowest BCUT2D eigenvalue weighted by molar-refractivity contribution is -0.180. The van der Waals surface area contributed by atoms with Gasteiger partial charge in [0.05, 0.1) is 17.8 Å². The minimum atomic E-state index is -1.15. The summed E-state index contributed by atoms with van der Waals surface area (Å²) in [4.78, 5) is 36.2. The molecular formula is C24H32O7. The molecule has 2 rings (SSSR count). The summed E-state index contributed by atoms with van der Waals surface area (Å²) in [7, 11) is 0. The summed E-state index contributed by atoms with van der Waals surface area (Å²) < 4.78 is 16.6. The fraction of sp³-hybridized carbons (Fsp3) is 0.542. The lowest BCUT2D eigenvalue weighted by Crippen LogP contribution is -2.40. The molecule has 0 amide bonds. The number of esters is 2. The Morgan fingerprint density at radius 2 is 1.97 bits per heavy atom. The first-order valence-corrected chi connectivity index (χ1v) is 10.3. The molecule has 0 bridgehead atoms. The third-order valence-corrected chi connectivity index (χ3v) is 5.32. The SMILES string of the molecule is C=C1CC=C[C@@](C)(OC(C)=O)CC[C@@H]2C(C(=O)/C=C/C(C)(C)O)=CO[C@@H](OC(C)=O)[C@@H]12. The molecule has 1 N–H and O–H groups in total. The standard InChI is InChI=1S/C24H32O7/c1-15-8-7-11-24(6,31-17(3)26)13-9-18-19(20(27)10-12-23(4,5)28)14-29-22(21(15)18)30-16(2)25/h7,10-12,14,18,21-22,28H,1,8-9,13H2,2-6H3/b11-7?,12-10+/t18-,21+,22+,24-/m1/s1. The van der Waals surface area contributed by atoms with E-state index in [0.717, 1.165) is 5.57 Å². The quantitative estimate of drug-likeness (QED) is 0.403. The van der Waals surface area contributed by atoms with E-state index in [4.69, 9.17) is 14.2 Å². The number of allylic oxidation sites excluding steroid dienone is 3. The van der Waals surface area contributed by atoms with Gasteiger partial charge in [-0.2, -0.15) is 0 Å². The fourth-order valence-electron chi connectivity index (χ4n) is 3.92.